The lowest BCUT2D eigenvalue weighted by atomic mass is 9.68. The molecule has 1 amide bonds. The fourth-order valence-electron chi connectivity index (χ4n) is 2.14. The van der Waals surface area contributed by atoms with E-state index in [4.69, 9.17) is 0 Å². The highest BCUT2D eigenvalue weighted by Crippen LogP contribution is 2.40. The first kappa shape index (κ1) is 14.5. The predicted octanol–water partition coefficient (Wildman–Crippen LogP) is 3.17. The number of amides is 1. The number of hydrogen-bond acceptors (Lipinski definition) is 1. The van der Waals surface area contributed by atoms with Gasteiger partial charge in [0, 0.05) is 19.5 Å². The van der Waals surface area contributed by atoms with Crippen LogP contribution in [0.5, 0.6) is 0 Å². The zero-order chi connectivity index (χ0) is 12.4. The zero-order valence-electron chi connectivity index (χ0n) is 11.6. The lowest BCUT2D eigenvalue weighted by Gasteiger charge is -2.39. The molecule has 0 aromatic heterocycles. The van der Waals surface area contributed by atoms with Crippen molar-refractivity contribution in [2.75, 3.05) is 14.1 Å². The number of nitrogens with zero attached hydrogens (tertiary/aromatic N) is 1. The van der Waals surface area contributed by atoms with E-state index in [2.05, 4.69) is 41.5 Å². The fourth-order valence-corrected chi connectivity index (χ4v) is 2.14. The number of carbonyl (C=O) groups excluding carboxylic acids is 1. The minimum absolute atomic E-state index is 0.185. The van der Waals surface area contributed by atoms with Crippen molar-refractivity contribution in [1.82, 2.24) is 4.90 Å². The standard InChI is InChI=1S/C13H27NO/c1-10(2)13(6,9-12(3,4)5)11(15)14(7)8/h10H,9H2,1-8H3. The van der Waals surface area contributed by atoms with Gasteiger partial charge < -0.3 is 4.90 Å². The Kier molecular flexibility index (Phi) is 4.38. The molecule has 1 atom stereocenters. The van der Waals surface area contributed by atoms with Gasteiger partial charge in [0.1, 0.15) is 0 Å². The number of rotatable bonds is 3. The molecule has 2 heteroatoms. The minimum Gasteiger partial charge on any atom is -0.348 e. The van der Waals surface area contributed by atoms with Crippen molar-refractivity contribution < 1.29 is 4.79 Å². The van der Waals surface area contributed by atoms with Gasteiger partial charge in [-0.2, -0.15) is 0 Å². The average Bonchev–Trinajstić information content (AvgIpc) is 1.99. The monoisotopic (exact) mass is 213 g/mol. The van der Waals surface area contributed by atoms with Crippen molar-refractivity contribution in [3.05, 3.63) is 0 Å². The molecule has 0 aliphatic rings. The summed E-state index contributed by atoms with van der Waals surface area (Å²) in [7, 11) is 3.68. The second-order valence-corrected chi connectivity index (χ2v) is 6.51. The first-order valence-electron chi connectivity index (χ1n) is 5.72. The molecule has 0 aliphatic heterocycles. The van der Waals surface area contributed by atoms with Crippen molar-refractivity contribution in [3.8, 4) is 0 Å². The number of hydrogen-bond donors (Lipinski definition) is 0. The van der Waals surface area contributed by atoms with E-state index in [0.717, 1.165) is 6.42 Å². The summed E-state index contributed by atoms with van der Waals surface area (Å²) in [6.07, 6.45) is 0.925. The van der Waals surface area contributed by atoms with Crippen molar-refractivity contribution in [2.45, 2.75) is 48.0 Å². The summed E-state index contributed by atoms with van der Waals surface area (Å²) in [4.78, 5) is 13.9. The summed E-state index contributed by atoms with van der Waals surface area (Å²) in [6, 6.07) is 0. The van der Waals surface area contributed by atoms with Gasteiger partial charge in [-0.15, -0.1) is 0 Å². The van der Waals surface area contributed by atoms with Gasteiger partial charge in [0.25, 0.3) is 0 Å². The van der Waals surface area contributed by atoms with Gasteiger partial charge >= 0.3 is 0 Å². The fraction of sp³-hybridized carbons (Fsp3) is 0.923. The van der Waals surface area contributed by atoms with E-state index in [-0.39, 0.29) is 16.7 Å². The van der Waals surface area contributed by atoms with E-state index in [1.807, 2.05) is 14.1 Å². The average molecular weight is 213 g/mol. The van der Waals surface area contributed by atoms with Gasteiger partial charge in [0.15, 0.2) is 0 Å². The molecule has 1 unspecified atom stereocenters. The highest BCUT2D eigenvalue weighted by Gasteiger charge is 2.40. The molecule has 0 fully saturated rings. The molecule has 0 aliphatic carbocycles. The molecule has 90 valence electrons. The van der Waals surface area contributed by atoms with E-state index in [9.17, 15) is 4.79 Å². The van der Waals surface area contributed by atoms with Crippen molar-refractivity contribution in [2.24, 2.45) is 16.7 Å². The Labute approximate surface area is 95.0 Å². The Balaban J connectivity index is 5.00. The summed E-state index contributed by atoms with van der Waals surface area (Å²) >= 11 is 0. The largest absolute Gasteiger partial charge is 0.348 e. The van der Waals surface area contributed by atoms with E-state index in [1.54, 1.807) is 4.90 Å². The molecule has 0 heterocycles. The molecule has 0 aromatic carbocycles. The van der Waals surface area contributed by atoms with E-state index in [0.29, 0.717) is 5.92 Å². The maximum atomic E-state index is 12.2. The van der Waals surface area contributed by atoms with Gasteiger partial charge in [-0.05, 0) is 17.8 Å². The molecule has 0 N–H and O–H groups in total. The molecule has 0 rings (SSSR count). The third-order valence-corrected chi connectivity index (χ3v) is 3.07. The summed E-state index contributed by atoms with van der Waals surface area (Å²) in [5, 5.41) is 0. The van der Waals surface area contributed by atoms with Crippen LogP contribution < -0.4 is 0 Å². The second-order valence-electron chi connectivity index (χ2n) is 6.51. The Bertz CT molecular complexity index is 225. The van der Waals surface area contributed by atoms with Gasteiger partial charge in [0.05, 0.1) is 0 Å². The maximum Gasteiger partial charge on any atom is 0.228 e. The van der Waals surface area contributed by atoms with Crippen LogP contribution in [0, 0.1) is 16.7 Å². The SMILES string of the molecule is CC(C)C(C)(CC(C)(C)C)C(=O)N(C)C. The molecule has 15 heavy (non-hydrogen) atoms. The topological polar surface area (TPSA) is 20.3 Å². The number of carbonyl (C=O) groups is 1. The molecule has 0 radical (unpaired) electrons. The predicted molar refractivity (Wildman–Crippen MR) is 65.7 cm³/mol. The van der Waals surface area contributed by atoms with E-state index in [1.165, 1.54) is 0 Å². The van der Waals surface area contributed by atoms with Gasteiger partial charge in [-0.3, -0.25) is 4.79 Å². The molecule has 0 bridgehead atoms. The summed E-state index contributed by atoms with van der Waals surface area (Å²) < 4.78 is 0. The third-order valence-electron chi connectivity index (χ3n) is 3.07. The zero-order valence-corrected chi connectivity index (χ0v) is 11.6. The normalized spacial score (nSPS) is 16.3. The van der Waals surface area contributed by atoms with Crippen LogP contribution in [0.25, 0.3) is 0 Å². The van der Waals surface area contributed by atoms with Crippen LogP contribution in [0.3, 0.4) is 0 Å². The summed E-state index contributed by atoms with van der Waals surface area (Å²) in [6.45, 7) is 12.9. The molecule has 0 saturated carbocycles. The van der Waals surface area contributed by atoms with Gasteiger partial charge in [-0.25, -0.2) is 0 Å². The molecule has 0 saturated heterocycles. The van der Waals surface area contributed by atoms with Crippen LogP contribution in [0.4, 0.5) is 0 Å². The van der Waals surface area contributed by atoms with Gasteiger partial charge in [-0.1, -0.05) is 41.5 Å². The van der Waals surface area contributed by atoms with Crippen LogP contribution >= 0.6 is 0 Å². The summed E-state index contributed by atoms with van der Waals surface area (Å²) in [5.74, 6) is 0.610. The van der Waals surface area contributed by atoms with Crippen LogP contribution in [0.15, 0.2) is 0 Å². The summed E-state index contributed by atoms with van der Waals surface area (Å²) in [5.41, 5.74) is -0.0631. The van der Waals surface area contributed by atoms with Crippen molar-refractivity contribution in [1.29, 1.82) is 0 Å². The van der Waals surface area contributed by atoms with Crippen LogP contribution in [0.2, 0.25) is 0 Å². The highest BCUT2D eigenvalue weighted by atomic mass is 16.2. The molecule has 0 aromatic rings. The van der Waals surface area contributed by atoms with Crippen molar-refractivity contribution >= 4 is 5.91 Å². The molecule has 2 nitrogen and oxygen atoms in total. The van der Waals surface area contributed by atoms with Crippen molar-refractivity contribution in [3.63, 3.8) is 0 Å². The quantitative estimate of drug-likeness (QED) is 0.705. The maximum absolute atomic E-state index is 12.2. The molecular formula is C13H27NO. The minimum atomic E-state index is -0.248. The second kappa shape index (κ2) is 4.54. The van der Waals surface area contributed by atoms with E-state index >= 15 is 0 Å². The van der Waals surface area contributed by atoms with Crippen LogP contribution in [-0.2, 0) is 4.79 Å². The smallest absolute Gasteiger partial charge is 0.228 e. The van der Waals surface area contributed by atoms with Crippen LogP contribution in [-0.4, -0.2) is 24.9 Å². The lowest BCUT2D eigenvalue weighted by molar-refractivity contribution is -0.143. The highest BCUT2D eigenvalue weighted by molar-refractivity contribution is 5.82. The Morgan fingerprint density at radius 1 is 1.13 bits per heavy atom. The first-order chi connectivity index (χ1) is 6.50. The first-order valence-corrected chi connectivity index (χ1v) is 5.72. The third kappa shape index (κ3) is 3.84. The molecular weight excluding hydrogens is 186 g/mol. The van der Waals surface area contributed by atoms with Gasteiger partial charge in [0.2, 0.25) is 5.91 Å². The molecule has 0 spiro atoms. The Hall–Kier alpha value is -0.530. The Morgan fingerprint density at radius 3 is 1.73 bits per heavy atom. The Morgan fingerprint density at radius 2 is 1.53 bits per heavy atom. The van der Waals surface area contributed by atoms with Crippen LogP contribution in [0.1, 0.15) is 48.0 Å². The lowest BCUT2D eigenvalue weighted by Crippen LogP contribution is -2.44. The van der Waals surface area contributed by atoms with E-state index < -0.39 is 0 Å².